The Morgan fingerprint density at radius 3 is 2.48 bits per heavy atom. The van der Waals surface area contributed by atoms with Crippen molar-refractivity contribution in [1.82, 2.24) is 4.90 Å². The van der Waals surface area contributed by atoms with Crippen molar-refractivity contribution in [1.29, 1.82) is 0 Å². The van der Waals surface area contributed by atoms with E-state index in [2.05, 4.69) is 5.32 Å². The molecular formula is C22H26N2O5. The Bertz CT molecular complexity index is 895. The quantitative estimate of drug-likeness (QED) is 0.667. The fraction of sp³-hybridized carbons (Fsp3) is 0.318. The minimum Gasteiger partial charge on any atom is -0.507 e. The number of hydrogen-bond donors (Lipinski definition) is 2. The number of amides is 2. The van der Waals surface area contributed by atoms with E-state index in [1.165, 1.54) is 17.0 Å². The van der Waals surface area contributed by atoms with Gasteiger partial charge in [-0.15, -0.1) is 0 Å². The predicted octanol–water partition coefficient (Wildman–Crippen LogP) is 3.04. The molecule has 2 rings (SSSR count). The van der Waals surface area contributed by atoms with E-state index in [0.29, 0.717) is 18.7 Å². The first kappa shape index (κ1) is 21.9. The van der Waals surface area contributed by atoms with Gasteiger partial charge in [-0.05, 0) is 49.6 Å². The van der Waals surface area contributed by atoms with Crippen LogP contribution in [0.1, 0.15) is 34.8 Å². The van der Waals surface area contributed by atoms with E-state index in [1.807, 2.05) is 32.0 Å². The van der Waals surface area contributed by atoms with Gasteiger partial charge in [-0.1, -0.05) is 31.2 Å². The first-order chi connectivity index (χ1) is 13.8. The van der Waals surface area contributed by atoms with Crippen LogP contribution in [0.5, 0.6) is 5.75 Å². The molecule has 0 aromatic heterocycles. The second-order valence-electron chi connectivity index (χ2n) is 6.78. The molecule has 2 N–H and O–H groups in total. The third-order valence-corrected chi connectivity index (χ3v) is 4.30. The first-order valence-electron chi connectivity index (χ1n) is 9.41. The van der Waals surface area contributed by atoms with Gasteiger partial charge in [0, 0.05) is 12.2 Å². The Labute approximate surface area is 170 Å². The van der Waals surface area contributed by atoms with Crippen LogP contribution in [0, 0.1) is 13.8 Å². The molecule has 2 amide bonds. The van der Waals surface area contributed by atoms with Crippen molar-refractivity contribution in [3.05, 3.63) is 59.2 Å². The molecule has 7 nitrogen and oxygen atoms in total. The summed E-state index contributed by atoms with van der Waals surface area (Å²) in [5, 5.41) is 12.6. The number of esters is 1. The van der Waals surface area contributed by atoms with Gasteiger partial charge in [-0.2, -0.15) is 0 Å². The molecule has 29 heavy (non-hydrogen) atoms. The Morgan fingerprint density at radius 2 is 1.83 bits per heavy atom. The number of nitrogens with one attached hydrogen (secondary N) is 1. The molecular weight excluding hydrogens is 372 g/mol. The Morgan fingerprint density at radius 1 is 1.10 bits per heavy atom. The number of phenols is 1. The van der Waals surface area contributed by atoms with E-state index >= 15 is 0 Å². The van der Waals surface area contributed by atoms with Crippen LogP contribution in [0.4, 0.5) is 5.69 Å². The summed E-state index contributed by atoms with van der Waals surface area (Å²) in [6.45, 7) is 5.24. The van der Waals surface area contributed by atoms with Gasteiger partial charge in [-0.3, -0.25) is 9.59 Å². The molecule has 0 heterocycles. The number of hydrogen-bond acceptors (Lipinski definition) is 5. The number of rotatable bonds is 8. The molecule has 154 valence electrons. The lowest BCUT2D eigenvalue weighted by Crippen LogP contribution is -2.40. The summed E-state index contributed by atoms with van der Waals surface area (Å²) < 4.78 is 5.03. The zero-order valence-corrected chi connectivity index (χ0v) is 16.9. The predicted molar refractivity (Wildman–Crippen MR) is 110 cm³/mol. The minimum atomic E-state index is -0.795. The molecule has 0 aliphatic heterocycles. The van der Waals surface area contributed by atoms with E-state index in [9.17, 15) is 19.5 Å². The maximum absolute atomic E-state index is 12.5. The Kier molecular flexibility index (Phi) is 7.77. The smallest absolute Gasteiger partial charge is 0.342 e. The van der Waals surface area contributed by atoms with Crippen molar-refractivity contribution < 1.29 is 24.2 Å². The molecule has 0 unspecified atom stereocenters. The summed E-state index contributed by atoms with van der Waals surface area (Å²) in [7, 11) is 0. The summed E-state index contributed by atoms with van der Waals surface area (Å²) in [6.07, 6.45) is 0.649. The van der Waals surface area contributed by atoms with E-state index in [0.717, 1.165) is 11.1 Å². The fourth-order valence-electron chi connectivity index (χ4n) is 2.75. The highest BCUT2D eigenvalue weighted by Gasteiger charge is 2.20. The van der Waals surface area contributed by atoms with Crippen LogP contribution in [-0.4, -0.2) is 47.5 Å². The van der Waals surface area contributed by atoms with Gasteiger partial charge in [0.1, 0.15) is 11.3 Å². The van der Waals surface area contributed by atoms with Crippen molar-refractivity contribution in [2.45, 2.75) is 27.2 Å². The van der Waals surface area contributed by atoms with Gasteiger partial charge < -0.3 is 20.1 Å². The van der Waals surface area contributed by atoms with E-state index in [-0.39, 0.29) is 23.8 Å². The number of para-hydroxylation sites is 1. The largest absolute Gasteiger partial charge is 0.507 e. The molecule has 0 radical (unpaired) electrons. The van der Waals surface area contributed by atoms with Crippen LogP contribution in [-0.2, 0) is 14.3 Å². The molecule has 2 aromatic carbocycles. The number of anilines is 1. The average molecular weight is 398 g/mol. The maximum atomic E-state index is 12.5. The van der Waals surface area contributed by atoms with Gasteiger partial charge in [0.15, 0.2) is 6.61 Å². The number of benzene rings is 2. The molecule has 0 atom stereocenters. The van der Waals surface area contributed by atoms with Gasteiger partial charge in [-0.25, -0.2) is 4.79 Å². The van der Waals surface area contributed by atoms with Gasteiger partial charge in [0.25, 0.3) is 5.91 Å². The average Bonchev–Trinajstić information content (AvgIpc) is 2.67. The number of phenolic OH excluding ortho intramolecular Hbond substituents is 1. The molecule has 0 aliphatic carbocycles. The minimum absolute atomic E-state index is 0.0114. The lowest BCUT2D eigenvalue weighted by Gasteiger charge is -2.21. The lowest BCUT2D eigenvalue weighted by atomic mass is 10.1. The molecule has 0 saturated heterocycles. The van der Waals surface area contributed by atoms with Crippen molar-refractivity contribution in [2.75, 3.05) is 25.0 Å². The highest BCUT2D eigenvalue weighted by molar-refractivity contribution is 5.96. The molecule has 0 saturated carbocycles. The zero-order valence-electron chi connectivity index (χ0n) is 16.9. The van der Waals surface area contributed by atoms with Crippen LogP contribution < -0.4 is 5.32 Å². The highest BCUT2D eigenvalue weighted by Crippen LogP contribution is 2.19. The summed E-state index contributed by atoms with van der Waals surface area (Å²) in [4.78, 5) is 38.3. The standard InChI is InChI=1S/C22H26N2O5/c1-4-11-24(13-20(26)23-18-8-6-5-7-16(18)3)21(27)14-29-22(28)17-10-9-15(2)12-19(17)25/h5-10,12,25H,4,11,13-14H2,1-3H3,(H,23,26). The lowest BCUT2D eigenvalue weighted by molar-refractivity contribution is -0.137. The number of carbonyl (C=O) groups is 3. The third kappa shape index (κ3) is 6.34. The summed E-state index contributed by atoms with van der Waals surface area (Å²) >= 11 is 0. The Hall–Kier alpha value is -3.35. The van der Waals surface area contributed by atoms with Gasteiger partial charge in [0.05, 0.1) is 6.54 Å². The first-order valence-corrected chi connectivity index (χ1v) is 9.41. The monoisotopic (exact) mass is 398 g/mol. The van der Waals surface area contributed by atoms with Crippen LogP contribution in [0.2, 0.25) is 0 Å². The number of ether oxygens (including phenoxy) is 1. The molecule has 0 spiro atoms. The third-order valence-electron chi connectivity index (χ3n) is 4.30. The van der Waals surface area contributed by atoms with Crippen molar-refractivity contribution in [3.8, 4) is 5.75 Å². The number of nitrogens with zero attached hydrogens (tertiary/aromatic N) is 1. The number of aromatic hydroxyl groups is 1. The van der Waals surface area contributed by atoms with E-state index < -0.39 is 18.5 Å². The summed E-state index contributed by atoms with van der Waals surface area (Å²) in [6, 6.07) is 11.9. The molecule has 0 aliphatic rings. The molecule has 0 fully saturated rings. The summed E-state index contributed by atoms with van der Waals surface area (Å²) in [5.41, 5.74) is 2.38. The van der Waals surface area contributed by atoms with Crippen molar-refractivity contribution >= 4 is 23.5 Å². The summed E-state index contributed by atoms with van der Waals surface area (Å²) in [5.74, 6) is -1.81. The van der Waals surface area contributed by atoms with Crippen molar-refractivity contribution in [3.63, 3.8) is 0 Å². The number of carbonyl (C=O) groups excluding carboxylic acids is 3. The van der Waals surface area contributed by atoms with Crippen LogP contribution in [0.25, 0.3) is 0 Å². The van der Waals surface area contributed by atoms with Gasteiger partial charge in [0.2, 0.25) is 5.91 Å². The van der Waals surface area contributed by atoms with Crippen LogP contribution in [0.15, 0.2) is 42.5 Å². The molecule has 2 aromatic rings. The van der Waals surface area contributed by atoms with Crippen LogP contribution >= 0.6 is 0 Å². The molecule has 0 bridgehead atoms. The number of aryl methyl sites for hydroxylation is 2. The Balaban J connectivity index is 1.95. The topological polar surface area (TPSA) is 95.9 Å². The second kappa shape index (κ2) is 10.3. The van der Waals surface area contributed by atoms with E-state index in [4.69, 9.17) is 4.74 Å². The van der Waals surface area contributed by atoms with Gasteiger partial charge >= 0.3 is 5.97 Å². The van der Waals surface area contributed by atoms with E-state index in [1.54, 1.807) is 19.1 Å². The van der Waals surface area contributed by atoms with Crippen molar-refractivity contribution in [2.24, 2.45) is 0 Å². The second-order valence-corrected chi connectivity index (χ2v) is 6.78. The maximum Gasteiger partial charge on any atom is 0.342 e. The fourth-order valence-corrected chi connectivity index (χ4v) is 2.75. The SMILES string of the molecule is CCCN(CC(=O)Nc1ccccc1C)C(=O)COC(=O)c1ccc(C)cc1O. The normalized spacial score (nSPS) is 10.3. The highest BCUT2D eigenvalue weighted by atomic mass is 16.5. The zero-order chi connectivity index (χ0) is 21.4. The molecule has 7 heteroatoms. The van der Waals surface area contributed by atoms with Crippen LogP contribution in [0.3, 0.4) is 0 Å².